The molecule has 1 aromatic rings. The van der Waals surface area contributed by atoms with Gasteiger partial charge in [0, 0.05) is 11.5 Å². The maximum atomic E-state index is 11.8. The van der Waals surface area contributed by atoms with Crippen LogP contribution >= 0.6 is 0 Å². The summed E-state index contributed by atoms with van der Waals surface area (Å²) in [5, 5.41) is 10.1. The van der Waals surface area contributed by atoms with Gasteiger partial charge in [-0.3, -0.25) is 4.79 Å². The third kappa shape index (κ3) is 2.82. The van der Waals surface area contributed by atoms with Gasteiger partial charge in [0.2, 0.25) is 0 Å². The number of aliphatic hydroxyl groups is 1. The largest absolute Gasteiger partial charge is 0.496 e. The standard InChI is InChI=1S/C14H20O4/c1-8(2)13(15)14(16)10-7-11(17-4)9(3)6-12(10)18-5/h6-8,14,16H,1-5H3. The lowest BCUT2D eigenvalue weighted by molar-refractivity contribution is -0.130. The van der Waals surface area contributed by atoms with Crippen molar-refractivity contribution in [3.63, 3.8) is 0 Å². The topological polar surface area (TPSA) is 55.8 Å². The molecular weight excluding hydrogens is 232 g/mol. The summed E-state index contributed by atoms with van der Waals surface area (Å²) in [7, 11) is 3.06. The molecule has 0 saturated carbocycles. The number of carbonyl (C=O) groups is 1. The number of aryl methyl sites for hydroxylation is 1. The first-order valence-corrected chi connectivity index (χ1v) is 5.86. The molecule has 0 aliphatic rings. The fourth-order valence-corrected chi connectivity index (χ4v) is 1.76. The van der Waals surface area contributed by atoms with Gasteiger partial charge < -0.3 is 14.6 Å². The highest BCUT2D eigenvalue weighted by Crippen LogP contribution is 2.33. The fraction of sp³-hybridized carbons (Fsp3) is 0.500. The van der Waals surface area contributed by atoms with Crippen LogP contribution in [0.4, 0.5) is 0 Å². The van der Waals surface area contributed by atoms with Gasteiger partial charge in [0.25, 0.3) is 0 Å². The SMILES string of the molecule is COc1cc(C(O)C(=O)C(C)C)c(OC)cc1C. The van der Waals surface area contributed by atoms with Gasteiger partial charge in [0.15, 0.2) is 5.78 Å². The summed E-state index contributed by atoms with van der Waals surface area (Å²) in [6.07, 6.45) is -1.19. The number of rotatable bonds is 5. The number of ketones is 1. The van der Waals surface area contributed by atoms with Crippen LogP contribution in [0.5, 0.6) is 11.5 Å². The van der Waals surface area contributed by atoms with Gasteiger partial charge >= 0.3 is 0 Å². The fourth-order valence-electron chi connectivity index (χ4n) is 1.76. The number of Topliss-reactive ketones (excluding diaryl/α,β-unsaturated/α-hetero) is 1. The molecule has 0 radical (unpaired) electrons. The molecular formula is C14H20O4. The highest BCUT2D eigenvalue weighted by molar-refractivity contribution is 5.86. The normalized spacial score (nSPS) is 12.4. The van der Waals surface area contributed by atoms with Crippen molar-refractivity contribution in [3.05, 3.63) is 23.3 Å². The van der Waals surface area contributed by atoms with Crippen LogP contribution in [0.2, 0.25) is 0 Å². The molecule has 0 amide bonds. The van der Waals surface area contributed by atoms with E-state index in [1.165, 1.54) is 7.11 Å². The highest BCUT2D eigenvalue weighted by Gasteiger charge is 2.24. The average Bonchev–Trinajstić information content (AvgIpc) is 2.36. The van der Waals surface area contributed by atoms with E-state index < -0.39 is 6.10 Å². The predicted molar refractivity (Wildman–Crippen MR) is 69.1 cm³/mol. The zero-order valence-corrected chi connectivity index (χ0v) is 11.5. The second-order valence-electron chi connectivity index (χ2n) is 4.52. The Morgan fingerprint density at radius 2 is 1.72 bits per heavy atom. The Bertz CT molecular complexity index is 438. The van der Waals surface area contributed by atoms with Crippen molar-refractivity contribution in [2.24, 2.45) is 5.92 Å². The number of ether oxygens (including phenoxy) is 2. The molecule has 0 spiro atoms. The van der Waals surface area contributed by atoms with Gasteiger partial charge in [0.1, 0.15) is 17.6 Å². The molecule has 1 atom stereocenters. The minimum absolute atomic E-state index is 0.237. The van der Waals surface area contributed by atoms with Crippen LogP contribution in [-0.2, 0) is 4.79 Å². The first-order valence-electron chi connectivity index (χ1n) is 5.86. The van der Waals surface area contributed by atoms with E-state index in [0.29, 0.717) is 17.1 Å². The molecule has 0 heterocycles. The molecule has 1 unspecified atom stereocenters. The van der Waals surface area contributed by atoms with Gasteiger partial charge in [-0.15, -0.1) is 0 Å². The second-order valence-corrected chi connectivity index (χ2v) is 4.52. The maximum absolute atomic E-state index is 11.8. The molecule has 0 fully saturated rings. The van der Waals surface area contributed by atoms with Crippen molar-refractivity contribution in [1.29, 1.82) is 0 Å². The van der Waals surface area contributed by atoms with E-state index in [2.05, 4.69) is 0 Å². The summed E-state index contributed by atoms with van der Waals surface area (Å²) in [6.45, 7) is 5.38. The van der Waals surface area contributed by atoms with Gasteiger partial charge in [0.05, 0.1) is 14.2 Å². The lowest BCUT2D eigenvalue weighted by atomic mass is 9.96. The van der Waals surface area contributed by atoms with Gasteiger partial charge in [-0.05, 0) is 24.6 Å². The second kappa shape index (κ2) is 5.87. The van der Waals surface area contributed by atoms with Crippen LogP contribution in [0.1, 0.15) is 31.1 Å². The number of hydrogen-bond acceptors (Lipinski definition) is 4. The van der Waals surface area contributed by atoms with Crippen molar-refractivity contribution in [2.75, 3.05) is 14.2 Å². The van der Waals surface area contributed by atoms with Crippen molar-refractivity contribution in [3.8, 4) is 11.5 Å². The number of carbonyl (C=O) groups excluding carboxylic acids is 1. The van der Waals surface area contributed by atoms with E-state index in [1.54, 1.807) is 33.1 Å². The van der Waals surface area contributed by atoms with E-state index in [0.717, 1.165) is 5.56 Å². The molecule has 4 heteroatoms. The zero-order valence-electron chi connectivity index (χ0n) is 11.5. The van der Waals surface area contributed by atoms with Crippen molar-refractivity contribution in [1.82, 2.24) is 0 Å². The Kier molecular flexibility index (Phi) is 4.73. The van der Waals surface area contributed by atoms with Crippen LogP contribution in [0.15, 0.2) is 12.1 Å². The molecule has 0 bridgehead atoms. The predicted octanol–water partition coefficient (Wildman–Crippen LogP) is 2.27. The Balaban J connectivity index is 3.25. The molecule has 0 aliphatic carbocycles. The van der Waals surface area contributed by atoms with Crippen molar-refractivity contribution in [2.45, 2.75) is 26.9 Å². The molecule has 0 saturated heterocycles. The first kappa shape index (κ1) is 14.5. The number of methoxy groups -OCH3 is 2. The molecule has 0 aliphatic heterocycles. The lowest BCUT2D eigenvalue weighted by Gasteiger charge is -2.18. The van der Waals surface area contributed by atoms with Gasteiger partial charge in [-0.25, -0.2) is 0 Å². The average molecular weight is 252 g/mol. The summed E-state index contributed by atoms with van der Waals surface area (Å²) in [5.74, 6) is 0.646. The summed E-state index contributed by atoms with van der Waals surface area (Å²) < 4.78 is 10.4. The smallest absolute Gasteiger partial charge is 0.168 e. The van der Waals surface area contributed by atoms with Crippen LogP contribution in [0.3, 0.4) is 0 Å². The molecule has 100 valence electrons. The Morgan fingerprint density at radius 3 is 2.17 bits per heavy atom. The summed E-state index contributed by atoms with van der Waals surface area (Å²) in [6, 6.07) is 3.41. The van der Waals surface area contributed by atoms with Crippen molar-refractivity contribution < 1.29 is 19.4 Å². The van der Waals surface area contributed by atoms with E-state index >= 15 is 0 Å². The van der Waals surface area contributed by atoms with Crippen molar-refractivity contribution >= 4 is 5.78 Å². The summed E-state index contributed by atoms with van der Waals surface area (Å²) >= 11 is 0. The van der Waals surface area contributed by atoms with Gasteiger partial charge in [-0.1, -0.05) is 13.8 Å². The van der Waals surface area contributed by atoms with E-state index in [4.69, 9.17) is 9.47 Å². The van der Waals surface area contributed by atoms with Crippen LogP contribution in [0, 0.1) is 12.8 Å². The Morgan fingerprint density at radius 1 is 1.17 bits per heavy atom. The summed E-state index contributed by atoms with van der Waals surface area (Å²) in [4.78, 5) is 11.8. The minimum Gasteiger partial charge on any atom is -0.496 e. The molecule has 18 heavy (non-hydrogen) atoms. The Labute approximate surface area is 108 Å². The number of benzene rings is 1. The summed E-state index contributed by atoms with van der Waals surface area (Å²) in [5.41, 5.74) is 1.33. The van der Waals surface area contributed by atoms with Crippen LogP contribution in [-0.4, -0.2) is 25.1 Å². The van der Waals surface area contributed by atoms with E-state index in [9.17, 15) is 9.90 Å². The molecule has 1 N–H and O–H groups in total. The first-order chi connectivity index (χ1) is 8.42. The molecule has 4 nitrogen and oxygen atoms in total. The highest BCUT2D eigenvalue weighted by atomic mass is 16.5. The van der Waals surface area contributed by atoms with E-state index in [1.807, 2.05) is 6.92 Å². The maximum Gasteiger partial charge on any atom is 0.168 e. The van der Waals surface area contributed by atoms with Gasteiger partial charge in [-0.2, -0.15) is 0 Å². The van der Waals surface area contributed by atoms with Crippen LogP contribution in [0.25, 0.3) is 0 Å². The monoisotopic (exact) mass is 252 g/mol. The lowest BCUT2D eigenvalue weighted by Crippen LogP contribution is -2.18. The van der Waals surface area contributed by atoms with Crippen LogP contribution < -0.4 is 9.47 Å². The zero-order chi connectivity index (χ0) is 13.9. The molecule has 1 aromatic carbocycles. The third-order valence-corrected chi connectivity index (χ3v) is 2.88. The number of aliphatic hydroxyl groups excluding tert-OH is 1. The molecule has 0 aromatic heterocycles. The van der Waals surface area contributed by atoms with E-state index in [-0.39, 0.29) is 11.7 Å². The quantitative estimate of drug-likeness (QED) is 0.873. The molecule has 1 rings (SSSR count). The number of hydrogen-bond donors (Lipinski definition) is 1. The Hall–Kier alpha value is -1.55. The third-order valence-electron chi connectivity index (χ3n) is 2.88. The minimum atomic E-state index is -1.19.